The molecule has 0 spiro atoms. The molecule has 0 aliphatic rings. The minimum atomic E-state index is -4.46. The summed E-state index contributed by atoms with van der Waals surface area (Å²) in [6, 6.07) is 8.39. The van der Waals surface area contributed by atoms with Gasteiger partial charge in [-0.05, 0) is 18.1 Å². The molecule has 7 heteroatoms. The van der Waals surface area contributed by atoms with E-state index >= 15 is 0 Å². The first-order valence-electron chi connectivity index (χ1n) is 7.42. The smallest absolute Gasteiger partial charge is 0.326 e. The molecule has 0 atom stereocenters. The second-order valence-corrected chi connectivity index (χ2v) is 5.84. The van der Waals surface area contributed by atoms with Gasteiger partial charge in [-0.3, -0.25) is 0 Å². The van der Waals surface area contributed by atoms with Crippen LogP contribution in [0.3, 0.4) is 0 Å². The van der Waals surface area contributed by atoms with Gasteiger partial charge in [-0.1, -0.05) is 42.8 Å². The van der Waals surface area contributed by atoms with Crippen LogP contribution in [0.25, 0.3) is 16.9 Å². The Labute approximate surface area is 141 Å². The van der Waals surface area contributed by atoms with Crippen molar-refractivity contribution in [2.24, 2.45) is 5.73 Å². The Morgan fingerprint density at radius 1 is 1.21 bits per heavy atom. The Bertz CT molecular complexity index is 883. The number of fused-ring (bicyclic) bond motifs is 1. The van der Waals surface area contributed by atoms with E-state index in [9.17, 15) is 13.2 Å². The molecule has 3 aromatic rings. The Morgan fingerprint density at radius 3 is 2.42 bits per heavy atom. The lowest BCUT2D eigenvalue weighted by Crippen LogP contribution is -2.07. The number of alkyl halides is 3. The molecule has 0 radical (unpaired) electrons. The summed E-state index contributed by atoms with van der Waals surface area (Å²) in [4.78, 5) is 4.46. The average molecular weight is 354 g/mol. The van der Waals surface area contributed by atoms with Crippen LogP contribution < -0.4 is 5.73 Å². The molecular weight excluding hydrogens is 339 g/mol. The lowest BCUT2D eigenvalue weighted by atomic mass is 10.1. The maximum Gasteiger partial charge on any atom is 0.417 e. The summed E-state index contributed by atoms with van der Waals surface area (Å²) in [6.45, 7) is 2.29. The molecule has 1 aromatic carbocycles. The third kappa shape index (κ3) is 2.87. The summed E-state index contributed by atoms with van der Waals surface area (Å²) in [5.41, 5.74) is 8.21. The number of imidazole rings is 1. The third-order valence-electron chi connectivity index (χ3n) is 3.90. The largest absolute Gasteiger partial charge is 0.417 e. The highest BCUT2D eigenvalue weighted by Crippen LogP contribution is 2.35. The molecule has 0 saturated heterocycles. The molecule has 0 aliphatic heterocycles. The summed E-state index contributed by atoms with van der Waals surface area (Å²) >= 11 is 6.05. The van der Waals surface area contributed by atoms with Crippen LogP contribution in [0.1, 0.15) is 23.7 Å². The topological polar surface area (TPSA) is 43.3 Å². The maximum absolute atomic E-state index is 13.0. The van der Waals surface area contributed by atoms with E-state index in [2.05, 4.69) is 4.98 Å². The Balaban J connectivity index is 2.24. The van der Waals surface area contributed by atoms with Gasteiger partial charge in [0, 0.05) is 18.3 Å². The van der Waals surface area contributed by atoms with Crippen LogP contribution in [0.15, 0.2) is 36.5 Å². The number of nitrogens with zero attached hydrogens (tertiary/aromatic N) is 2. The molecule has 0 saturated carbocycles. The van der Waals surface area contributed by atoms with Crippen LogP contribution in [0.4, 0.5) is 13.2 Å². The van der Waals surface area contributed by atoms with Crippen LogP contribution in [0.2, 0.25) is 5.02 Å². The van der Waals surface area contributed by atoms with Crippen molar-refractivity contribution in [3.05, 3.63) is 58.4 Å². The minimum absolute atomic E-state index is 0.0237. The molecule has 0 bridgehead atoms. The first kappa shape index (κ1) is 16.8. The second kappa shape index (κ2) is 6.11. The third-order valence-corrected chi connectivity index (χ3v) is 4.18. The van der Waals surface area contributed by atoms with E-state index in [0.29, 0.717) is 30.0 Å². The number of halogens is 4. The average Bonchev–Trinajstić information content (AvgIpc) is 2.93. The Kier molecular flexibility index (Phi) is 4.27. The zero-order chi connectivity index (χ0) is 17.5. The van der Waals surface area contributed by atoms with Gasteiger partial charge < -0.3 is 10.1 Å². The van der Waals surface area contributed by atoms with Crippen molar-refractivity contribution in [3.63, 3.8) is 0 Å². The van der Waals surface area contributed by atoms with Crippen molar-refractivity contribution in [2.45, 2.75) is 26.1 Å². The van der Waals surface area contributed by atoms with Crippen LogP contribution in [-0.4, -0.2) is 9.38 Å². The zero-order valence-corrected chi connectivity index (χ0v) is 13.6. The van der Waals surface area contributed by atoms with Gasteiger partial charge in [0.2, 0.25) is 0 Å². The van der Waals surface area contributed by atoms with Crippen LogP contribution in [-0.2, 0) is 19.1 Å². The van der Waals surface area contributed by atoms with Gasteiger partial charge in [-0.15, -0.1) is 0 Å². The number of aromatic nitrogens is 2. The molecule has 24 heavy (non-hydrogen) atoms. The molecule has 0 unspecified atom stereocenters. The van der Waals surface area contributed by atoms with Gasteiger partial charge in [0.1, 0.15) is 0 Å². The zero-order valence-electron chi connectivity index (χ0n) is 12.9. The fourth-order valence-electron chi connectivity index (χ4n) is 2.67. The maximum atomic E-state index is 13.0. The summed E-state index contributed by atoms with van der Waals surface area (Å²) in [6.07, 6.45) is -2.90. The van der Waals surface area contributed by atoms with E-state index in [1.807, 2.05) is 31.2 Å². The van der Waals surface area contributed by atoms with Crippen LogP contribution in [0.5, 0.6) is 0 Å². The molecular formula is C17H15ClF3N3. The summed E-state index contributed by atoms with van der Waals surface area (Å²) in [7, 11) is 0. The first-order chi connectivity index (χ1) is 11.3. The number of hydrogen-bond donors (Lipinski definition) is 1. The molecule has 2 N–H and O–H groups in total. The highest BCUT2D eigenvalue weighted by Gasteiger charge is 2.32. The molecule has 0 amide bonds. The summed E-state index contributed by atoms with van der Waals surface area (Å²) in [5.74, 6) is 0. The Morgan fingerprint density at radius 2 is 1.88 bits per heavy atom. The van der Waals surface area contributed by atoms with Crippen molar-refractivity contribution in [1.82, 2.24) is 9.38 Å². The number of nitrogens with two attached hydrogens (primary N) is 1. The van der Waals surface area contributed by atoms with E-state index in [0.717, 1.165) is 23.4 Å². The van der Waals surface area contributed by atoms with E-state index in [1.165, 1.54) is 4.40 Å². The second-order valence-electron chi connectivity index (χ2n) is 5.43. The lowest BCUT2D eigenvalue weighted by Gasteiger charge is -2.09. The van der Waals surface area contributed by atoms with Crippen molar-refractivity contribution in [2.75, 3.05) is 0 Å². The number of rotatable bonds is 3. The molecule has 0 fully saturated rings. The van der Waals surface area contributed by atoms with E-state index < -0.39 is 11.7 Å². The van der Waals surface area contributed by atoms with Gasteiger partial charge in [0.25, 0.3) is 0 Å². The molecule has 3 nitrogen and oxygen atoms in total. The minimum Gasteiger partial charge on any atom is -0.326 e. The van der Waals surface area contributed by atoms with Gasteiger partial charge in [0.15, 0.2) is 5.65 Å². The lowest BCUT2D eigenvalue weighted by molar-refractivity contribution is -0.137. The fraction of sp³-hybridized carbons (Fsp3) is 0.235. The van der Waals surface area contributed by atoms with E-state index in [1.54, 1.807) is 0 Å². The first-order valence-corrected chi connectivity index (χ1v) is 7.80. The molecule has 126 valence electrons. The molecule has 2 aromatic heterocycles. The fourth-order valence-corrected chi connectivity index (χ4v) is 2.92. The predicted molar refractivity (Wildman–Crippen MR) is 87.9 cm³/mol. The molecule has 0 aliphatic carbocycles. The van der Waals surface area contributed by atoms with Crippen molar-refractivity contribution < 1.29 is 13.2 Å². The van der Waals surface area contributed by atoms with Crippen molar-refractivity contribution in [1.29, 1.82) is 0 Å². The highest BCUT2D eigenvalue weighted by molar-refractivity contribution is 6.33. The van der Waals surface area contributed by atoms with Crippen molar-refractivity contribution in [3.8, 4) is 11.3 Å². The van der Waals surface area contributed by atoms with Gasteiger partial charge >= 0.3 is 6.18 Å². The van der Waals surface area contributed by atoms with Crippen molar-refractivity contribution >= 4 is 17.2 Å². The monoisotopic (exact) mass is 353 g/mol. The number of hydrogen-bond acceptors (Lipinski definition) is 2. The SMILES string of the molecule is CCc1c(-c2ccc(CN)cc2)nc2c(Cl)cc(C(F)(F)F)cn12. The van der Waals surface area contributed by atoms with Crippen LogP contribution in [0, 0.1) is 0 Å². The molecule has 3 rings (SSSR count). The predicted octanol–water partition coefficient (Wildman–Crippen LogP) is 4.69. The van der Waals surface area contributed by atoms with Crippen LogP contribution >= 0.6 is 11.6 Å². The number of aryl methyl sites for hydroxylation is 1. The summed E-state index contributed by atoms with van der Waals surface area (Å²) in [5, 5.41) is -0.0237. The van der Waals surface area contributed by atoms with Gasteiger partial charge in [-0.2, -0.15) is 13.2 Å². The highest BCUT2D eigenvalue weighted by atomic mass is 35.5. The number of pyridine rings is 1. The van der Waals surface area contributed by atoms with Gasteiger partial charge in [-0.25, -0.2) is 4.98 Å². The summed E-state index contributed by atoms with van der Waals surface area (Å²) < 4.78 is 40.5. The van der Waals surface area contributed by atoms with Gasteiger partial charge in [0.05, 0.1) is 22.0 Å². The molecule has 2 heterocycles. The normalized spacial score (nSPS) is 12.1. The van der Waals surface area contributed by atoms with E-state index in [4.69, 9.17) is 17.3 Å². The Hall–Kier alpha value is -2.05. The number of benzene rings is 1. The quantitative estimate of drug-likeness (QED) is 0.742. The standard InChI is InChI=1S/C17H15ClF3N3/c1-2-14-15(11-5-3-10(8-22)4-6-11)23-16-13(18)7-12(9-24(14)16)17(19,20)21/h3-7,9H,2,8,22H2,1H3. The van der Waals surface area contributed by atoms with E-state index in [-0.39, 0.29) is 5.02 Å².